The topological polar surface area (TPSA) is 23.6 Å². The molecule has 1 aromatic rings. The molecule has 1 saturated carbocycles. The van der Waals surface area contributed by atoms with Crippen molar-refractivity contribution in [1.29, 1.82) is 0 Å². The van der Waals surface area contributed by atoms with Gasteiger partial charge in [-0.2, -0.15) is 0 Å². The number of carbonyl (C=O) groups excluding carboxylic acids is 1. The molecule has 0 atom stereocenters. The van der Waals surface area contributed by atoms with Crippen LogP contribution in [-0.2, 0) is 0 Å². The summed E-state index contributed by atoms with van der Waals surface area (Å²) in [6, 6.07) is 7.79. The first-order valence-electron chi connectivity index (χ1n) is 6.64. The number of hydrogen-bond donors (Lipinski definition) is 0. The fourth-order valence-corrected chi connectivity index (χ4v) is 3.47. The van der Waals surface area contributed by atoms with E-state index in [0.717, 1.165) is 17.8 Å². The molecule has 0 aromatic heterocycles. The Morgan fingerprint density at radius 3 is 2.58 bits per heavy atom. The van der Waals surface area contributed by atoms with Gasteiger partial charge in [0.15, 0.2) is 0 Å². The van der Waals surface area contributed by atoms with E-state index in [2.05, 4.69) is 15.9 Å². The molecule has 0 aliphatic heterocycles. The van der Waals surface area contributed by atoms with Crippen LogP contribution in [0.4, 0.5) is 5.69 Å². The highest BCUT2D eigenvalue weighted by Gasteiger charge is 2.28. The van der Waals surface area contributed by atoms with E-state index < -0.39 is 0 Å². The first kappa shape index (κ1) is 14.4. The summed E-state index contributed by atoms with van der Waals surface area (Å²) in [5, 5.41) is 0. The number of hydrogen-bond acceptors (Lipinski definition) is 2. The van der Waals surface area contributed by atoms with Gasteiger partial charge in [0.05, 0.1) is 0 Å². The van der Waals surface area contributed by atoms with Crippen LogP contribution in [0.25, 0.3) is 0 Å². The van der Waals surface area contributed by atoms with Crippen LogP contribution in [0, 0.1) is 5.92 Å². The fraction of sp³-hybridized carbons (Fsp3) is 0.533. The van der Waals surface area contributed by atoms with Crippen molar-refractivity contribution in [1.82, 2.24) is 4.90 Å². The van der Waals surface area contributed by atoms with Crippen molar-refractivity contribution in [3.05, 3.63) is 29.8 Å². The van der Waals surface area contributed by atoms with Crippen LogP contribution in [0.2, 0.25) is 0 Å². The normalized spacial score (nSPS) is 21.7. The summed E-state index contributed by atoms with van der Waals surface area (Å²) >= 11 is 3.59. The first-order valence-corrected chi connectivity index (χ1v) is 7.56. The molecule has 0 unspecified atom stereocenters. The number of halogens is 1. The number of anilines is 1. The van der Waals surface area contributed by atoms with Crippen LogP contribution in [0.1, 0.15) is 23.2 Å². The van der Waals surface area contributed by atoms with Crippen molar-refractivity contribution in [2.45, 2.75) is 17.7 Å². The van der Waals surface area contributed by atoms with Gasteiger partial charge >= 0.3 is 0 Å². The Morgan fingerprint density at radius 1 is 1.32 bits per heavy atom. The number of amides is 1. The number of nitrogens with zero attached hydrogens (tertiary/aromatic N) is 2. The van der Waals surface area contributed by atoms with E-state index >= 15 is 0 Å². The van der Waals surface area contributed by atoms with E-state index in [9.17, 15) is 4.79 Å². The second-order valence-electron chi connectivity index (χ2n) is 5.57. The molecule has 4 heteroatoms. The van der Waals surface area contributed by atoms with Crippen molar-refractivity contribution in [2.24, 2.45) is 5.92 Å². The summed E-state index contributed by atoms with van der Waals surface area (Å²) in [5.41, 5.74) is 1.83. The van der Waals surface area contributed by atoms with E-state index in [-0.39, 0.29) is 5.91 Å². The molecule has 0 radical (unpaired) electrons. The van der Waals surface area contributed by atoms with Crippen LogP contribution >= 0.6 is 15.9 Å². The van der Waals surface area contributed by atoms with Crippen LogP contribution in [0.5, 0.6) is 0 Å². The molecule has 1 aliphatic rings. The van der Waals surface area contributed by atoms with Crippen molar-refractivity contribution in [3.8, 4) is 0 Å². The molecule has 0 N–H and O–H groups in total. The zero-order valence-electron chi connectivity index (χ0n) is 11.8. The van der Waals surface area contributed by atoms with Gasteiger partial charge in [0, 0.05) is 43.8 Å². The molecule has 1 aromatic carbocycles. The van der Waals surface area contributed by atoms with E-state index in [1.807, 2.05) is 55.2 Å². The van der Waals surface area contributed by atoms with Gasteiger partial charge in [-0.15, -0.1) is 0 Å². The van der Waals surface area contributed by atoms with Gasteiger partial charge < -0.3 is 9.80 Å². The van der Waals surface area contributed by atoms with E-state index in [1.165, 1.54) is 12.8 Å². The van der Waals surface area contributed by atoms with E-state index in [1.54, 1.807) is 0 Å². The molecule has 19 heavy (non-hydrogen) atoms. The second-order valence-corrected chi connectivity index (χ2v) is 6.86. The minimum atomic E-state index is 0.113. The third kappa shape index (κ3) is 3.50. The van der Waals surface area contributed by atoms with Crippen molar-refractivity contribution in [3.63, 3.8) is 0 Å². The van der Waals surface area contributed by atoms with E-state index in [4.69, 9.17) is 0 Å². The molecule has 1 aliphatic carbocycles. The van der Waals surface area contributed by atoms with Gasteiger partial charge in [0.2, 0.25) is 0 Å². The summed E-state index contributed by atoms with van der Waals surface area (Å²) < 4.78 is 0. The van der Waals surface area contributed by atoms with E-state index in [0.29, 0.717) is 10.7 Å². The molecular formula is C15H21BrN2O. The van der Waals surface area contributed by atoms with Gasteiger partial charge in [-0.25, -0.2) is 0 Å². The molecular weight excluding hydrogens is 304 g/mol. The summed E-state index contributed by atoms with van der Waals surface area (Å²) in [4.78, 5) is 16.9. The molecule has 3 nitrogen and oxygen atoms in total. The minimum absolute atomic E-state index is 0.113. The summed E-state index contributed by atoms with van der Waals surface area (Å²) in [6.07, 6.45) is 2.35. The average Bonchev–Trinajstić information content (AvgIpc) is 2.36. The standard InChI is InChI=1S/C15H21BrN2O/c1-17(2)14-6-4-5-12(9-14)15(19)18(3)10-11-7-13(16)8-11/h4-6,9,11,13H,7-8,10H2,1-3H3. The second kappa shape index (κ2) is 5.95. The fourth-order valence-electron chi connectivity index (χ4n) is 2.41. The van der Waals surface area contributed by atoms with Gasteiger partial charge in [0.25, 0.3) is 5.91 Å². The number of alkyl halides is 1. The summed E-state index contributed by atoms with van der Waals surface area (Å²) in [7, 11) is 5.86. The zero-order valence-corrected chi connectivity index (χ0v) is 13.4. The Kier molecular flexibility index (Phi) is 4.50. The number of benzene rings is 1. The monoisotopic (exact) mass is 324 g/mol. The predicted octanol–water partition coefficient (Wildman–Crippen LogP) is 3.00. The minimum Gasteiger partial charge on any atom is -0.378 e. The summed E-state index contributed by atoms with van der Waals surface area (Å²) in [5.74, 6) is 0.761. The molecule has 1 fully saturated rings. The Bertz CT molecular complexity index is 455. The maximum Gasteiger partial charge on any atom is 0.253 e. The van der Waals surface area contributed by atoms with Gasteiger partial charge in [-0.1, -0.05) is 22.0 Å². The highest BCUT2D eigenvalue weighted by Crippen LogP contribution is 2.33. The van der Waals surface area contributed by atoms with Crippen molar-refractivity contribution in [2.75, 3.05) is 32.6 Å². The highest BCUT2D eigenvalue weighted by molar-refractivity contribution is 9.09. The lowest BCUT2D eigenvalue weighted by Gasteiger charge is -2.34. The summed E-state index contributed by atoms with van der Waals surface area (Å²) in [6.45, 7) is 0.854. The van der Waals surface area contributed by atoms with Crippen LogP contribution in [-0.4, -0.2) is 43.3 Å². The number of carbonyl (C=O) groups is 1. The Hall–Kier alpha value is -1.03. The maximum absolute atomic E-state index is 12.4. The zero-order chi connectivity index (χ0) is 14.0. The highest BCUT2D eigenvalue weighted by atomic mass is 79.9. The SMILES string of the molecule is CN(CC1CC(Br)C1)C(=O)c1cccc(N(C)C)c1. The quantitative estimate of drug-likeness (QED) is 0.795. The van der Waals surface area contributed by atoms with Gasteiger partial charge in [0.1, 0.15) is 0 Å². The van der Waals surface area contributed by atoms with Gasteiger partial charge in [-0.05, 0) is 37.0 Å². The van der Waals surface area contributed by atoms with Crippen molar-refractivity contribution >= 4 is 27.5 Å². The molecule has 0 saturated heterocycles. The first-order chi connectivity index (χ1) is 8.97. The molecule has 104 valence electrons. The maximum atomic E-state index is 12.4. The Morgan fingerprint density at radius 2 is 2.00 bits per heavy atom. The molecule has 2 rings (SSSR count). The lowest BCUT2D eigenvalue weighted by atomic mass is 9.85. The Labute approximate surface area is 123 Å². The molecule has 0 heterocycles. The Balaban J connectivity index is 2.00. The molecule has 0 spiro atoms. The van der Waals surface area contributed by atoms with Crippen LogP contribution in [0.3, 0.4) is 0 Å². The molecule has 1 amide bonds. The lowest BCUT2D eigenvalue weighted by molar-refractivity contribution is 0.0749. The van der Waals surface area contributed by atoms with Crippen LogP contribution in [0.15, 0.2) is 24.3 Å². The lowest BCUT2D eigenvalue weighted by Crippen LogP contribution is -2.37. The van der Waals surface area contributed by atoms with Crippen molar-refractivity contribution < 1.29 is 4.79 Å². The third-order valence-electron chi connectivity index (χ3n) is 3.67. The van der Waals surface area contributed by atoms with Gasteiger partial charge in [-0.3, -0.25) is 4.79 Å². The predicted molar refractivity (Wildman–Crippen MR) is 83.2 cm³/mol. The number of rotatable bonds is 4. The smallest absolute Gasteiger partial charge is 0.253 e. The van der Waals surface area contributed by atoms with Crippen LogP contribution < -0.4 is 4.90 Å². The third-order valence-corrected chi connectivity index (χ3v) is 4.41. The molecule has 0 bridgehead atoms. The average molecular weight is 325 g/mol. The largest absolute Gasteiger partial charge is 0.378 e.